The molecule has 0 saturated carbocycles. The van der Waals surface area contributed by atoms with E-state index in [1.807, 2.05) is 54.7 Å². The number of benzene rings is 1. The van der Waals surface area contributed by atoms with Gasteiger partial charge in [-0.3, -0.25) is 9.78 Å². The number of anilines is 4. The van der Waals surface area contributed by atoms with Gasteiger partial charge in [0.1, 0.15) is 17.5 Å². The fourth-order valence-corrected chi connectivity index (χ4v) is 4.66. The van der Waals surface area contributed by atoms with Crippen molar-refractivity contribution in [2.75, 3.05) is 48.3 Å². The maximum atomic E-state index is 11.6. The monoisotopic (exact) mass is 524 g/mol. The van der Waals surface area contributed by atoms with Crippen LogP contribution in [-0.4, -0.2) is 63.7 Å². The molecule has 1 saturated heterocycles. The van der Waals surface area contributed by atoms with Crippen molar-refractivity contribution < 1.29 is 9.90 Å². The van der Waals surface area contributed by atoms with Crippen molar-refractivity contribution in [3.8, 4) is 11.3 Å². The van der Waals surface area contributed by atoms with Gasteiger partial charge in [0.2, 0.25) is 0 Å². The van der Waals surface area contributed by atoms with Gasteiger partial charge in [0.25, 0.3) is 0 Å². The average molecular weight is 525 g/mol. The van der Waals surface area contributed by atoms with Gasteiger partial charge in [0, 0.05) is 68.6 Å². The highest BCUT2D eigenvalue weighted by Crippen LogP contribution is 2.28. The Labute approximate surface area is 227 Å². The largest absolute Gasteiger partial charge is 0.481 e. The van der Waals surface area contributed by atoms with E-state index in [1.165, 1.54) is 0 Å². The Kier molecular flexibility index (Phi) is 8.54. The summed E-state index contributed by atoms with van der Waals surface area (Å²) in [4.78, 5) is 31.8. The lowest BCUT2D eigenvalue weighted by Gasteiger charge is -2.28. The van der Waals surface area contributed by atoms with Gasteiger partial charge in [-0.25, -0.2) is 15.0 Å². The summed E-state index contributed by atoms with van der Waals surface area (Å²) in [6, 6.07) is 17.9. The lowest BCUT2D eigenvalue weighted by molar-refractivity contribution is -0.138. The lowest BCUT2D eigenvalue weighted by Crippen LogP contribution is -2.43. The third-order valence-electron chi connectivity index (χ3n) is 6.55. The first kappa shape index (κ1) is 26.1. The van der Waals surface area contributed by atoms with Gasteiger partial charge in [-0.2, -0.15) is 0 Å². The van der Waals surface area contributed by atoms with Crippen LogP contribution in [-0.2, 0) is 11.2 Å². The van der Waals surface area contributed by atoms with Gasteiger partial charge in [0.15, 0.2) is 0 Å². The van der Waals surface area contributed by atoms with Crippen LogP contribution in [0.2, 0.25) is 0 Å². The highest BCUT2D eigenvalue weighted by Gasteiger charge is 2.16. The van der Waals surface area contributed by atoms with Crippen LogP contribution in [0.5, 0.6) is 0 Å². The molecule has 0 aliphatic carbocycles. The Hall–Kier alpha value is -4.57. The fourth-order valence-electron chi connectivity index (χ4n) is 4.66. The van der Waals surface area contributed by atoms with E-state index in [9.17, 15) is 9.90 Å². The Morgan fingerprint density at radius 1 is 1.00 bits per heavy atom. The van der Waals surface area contributed by atoms with Crippen LogP contribution >= 0.6 is 0 Å². The van der Waals surface area contributed by atoms with E-state index in [0.717, 1.165) is 54.5 Å². The number of carboxylic acids is 1. The summed E-state index contributed by atoms with van der Waals surface area (Å²) in [5.41, 5.74) is 3.65. The molecule has 1 atom stereocenters. The Morgan fingerprint density at radius 3 is 2.62 bits per heavy atom. The molecule has 1 aliphatic heterocycles. The van der Waals surface area contributed by atoms with E-state index < -0.39 is 5.97 Å². The maximum Gasteiger partial charge on any atom is 0.303 e. The predicted molar refractivity (Wildman–Crippen MR) is 152 cm³/mol. The van der Waals surface area contributed by atoms with Gasteiger partial charge < -0.3 is 26.0 Å². The van der Waals surface area contributed by atoms with Crippen LogP contribution in [0, 0.1) is 5.92 Å². The molecular formula is C29H32N8O2. The molecule has 4 N–H and O–H groups in total. The van der Waals surface area contributed by atoms with Crippen LogP contribution in [0.15, 0.2) is 79.4 Å². The first-order chi connectivity index (χ1) is 19.1. The molecule has 4 aromatic rings. The highest BCUT2D eigenvalue weighted by atomic mass is 16.4. The number of hydrogen-bond donors (Lipinski definition) is 4. The van der Waals surface area contributed by atoms with Crippen LogP contribution < -0.4 is 20.9 Å². The van der Waals surface area contributed by atoms with Crippen molar-refractivity contribution in [1.29, 1.82) is 0 Å². The topological polar surface area (TPSA) is 128 Å². The zero-order valence-corrected chi connectivity index (χ0v) is 21.6. The SMILES string of the molecule is O=C(O)CC(CNc1cc(Nc2cnccn2)nc(-c2ccnc(N3CCNCC3)c2)c1)Cc1ccccc1. The number of nitrogens with one attached hydrogen (secondary N) is 3. The molecule has 1 aromatic carbocycles. The zero-order chi connectivity index (χ0) is 26.9. The molecule has 0 spiro atoms. The van der Waals surface area contributed by atoms with Gasteiger partial charge in [-0.05, 0) is 36.1 Å². The summed E-state index contributed by atoms with van der Waals surface area (Å²) in [5, 5.41) is 19.6. The van der Waals surface area contributed by atoms with E-state index in [2.05, 4.69) is 41.9 Å². The van der Waals surface area contributed by atoms with Crippen molar-refractivity contribution in [3.05, 3.63) is 84.9 Å². The second-order valence-corrected chi connectivity index (χ2v) is 9.52. The number of hydrogen-bond acceptors (Lipinski definition) is 9. The summed E-state index contributed by atoms with van der Waals surface area (Å²) in [5.74, 6) is 1.21. The number of pyridine rings is 2. The Bertz CT molecular complexity index is 1360. The van der Waals surface area contributed by atoms with Crippen molar-refractivity contribution >= 4 is 29.1 Å². The number of rotatable bonds is 11. The number of nitrogens with zero attached hydrogens (tertiary/aromatic N) is 5. The molecule has 10 nitrogen and oxygen atoms in total. The summed E-state index contributed by atoms with van der Waals surface area (Å²) in [6.45, 7) is 4.15. The van der Waals surface area contributed by atoms with E-state index >= 15 is 0 Å². The first-order valence-corrected chi connectivity index (χ1v) is 13.1. The zero-order valence-electron chi connectivity index (χ0n) is 21.6. The molecule has 10 heteroatoms. The lowest BCUT2D eigenvalue weighted by atomic mass is 9.96. The van der Waals surface area contributed by atoms with E-state index in [0.29, 0.717) is 24.6 Å². The van der Waals surface area contributed by atoms with Crippen LogP contribution in [0.1, 0.15) is 12.0 Å². The van der Waals surface area contributed by atoms with Crippen LogP contribution in [0.3, 0.4) is 0 Å². The molecule has 0 amide bonds. The van der Waals surface area contributed by atoms with Gasteiger partial charge in [0.05, 0.1) is 18.3 Å². The predicted octanol–water partition coefficient (Wildman–Crippen LogP) is 3.83. The molecule has 4 heterocycles. The highest BCUT2D eigenvalue weighted by molar-refractivity contribution is 5.71. The van der Waals surface area contributed by atoms with E-state index in [4.69, 9.17) is 4.98 Å². The van der Waals surface area contributed by atoms with Gasteiger partial charge in [-0.15, -0.1) is 0 Å². The number of piperazine rings is 1. The molecule has 1 fully saturated rings. The molecule has 3 aromatic heterocycles. The molecule has 0 bridgehead atoms. The molecule has 1 unspecified atom stereocenters. The van der Waals surface area contributed by atoms with Crippen molar-refractivity contribution in [3.63, 3.8) is 0 Å². The van der Waals surface area contributed by atoms with Crippen molar-refractivity contribution in [1.82, 2.24) is 25.3 Å². The standard InChI is InChI=1S/C29H32N8O2/c38-29(39)15-22(14-21-4-2-1-3-5-21)19-34-24-17-25(35-26(18-24)36-27-20-31-8-9-32-27)23-6-7-33-28(16-23)37-12-10-30-11-13-37/h1-9,16-18,20,22,30H,10-15,19H2,(H,38,39)(H2,32,34,35,36). The van der Waals surface area contributed by atoms with Crippen LogP contribution in [0.25, 0.3) is 11.3 Å². The number of aromatic nitrogens is 4. The molecular weight excluding hydrogens is 492 g/mol. The molecule has 1 aliphatic rings. The number of carbonyl (C=O) groups is 1. The summed E-state index contributed by atoms with van der Waals surface area (Å²) >= 11 is 0. The van der Waals surface area contributed by atoms with Crippen LogP contribution in [0.4, 0.5) is 23.1 Å². The van der Waals surface area contributed by atoms with Gasteiger partial charge in [-0.1, -0.05) is 30.3 Å². The average Bonchev–Trinajstić information content (AvgIpc) is 2.97. The molecule has 0 radical (unpaired) electrons. The summed E-state index contributed by atoms with van der Waals surface area (Å²) in [6.07, 6.45) is 7.43. The molecule has 200 valence electrons. The second-order valence-electron chi connectivity index (χ2n) is 9.52. The minimum atomic E-state index is -0.810. The summed E-state index contributed by atoms with van der Waals surface area (Å²) < 4.78 is 0. The third kappa shape index (κ3) is 7.48. The van der Waals surface area contributed by atoms with Crippen molar-refractivity contribution in [2.24, 2.45) is 5.92 Å². The van der Waals surface area contributed by atoms with E-state index in [1.54, 1.807) is 18.6 Å². The quantitative estimate of drug-likeness (QED) is 0.230. The molecule has 5 rings (SSSR count). The van der Waals surface area contributed by atoms with E-state index in [-0.39, 0.29) is 12.3 Å². The second kappa shape index (κ2) is 12.8. The smallest absolute Gasteiger partial charge is 0.303 e. The maximum absolute atomic E-state index is 11.6. The number of carboxylic acid groups (broad SMARTS) is 1. The summed E-state index contributed by atoms with van der Waals surface area (Å²) in [7, 11) is 0. The Balaban J connectivity index is 1.41. The minimum absolute atomic E-state index is 0.0724. The van der Waals surface area contributed by atoms with Gasteiger partial charge >= 0.3 is 5.97 Å². The van der Waals surface area contributed by atoms with Crippen molar-refractivity contribution in [2.45, 2.75) is 12.8 Å². The molecule has 39 heavy (non-hydrogen) atoms. The Morgan fingerprint density at radius 2 is 1.85 bits per heavy atom. The fraction of sp³-hybridized carbons (Fsp3) is 0.276. The number of aliphatic carboxylic acids is 1. The third-order valence-corrected chi connectivity index (χ3v) is 6.55. The first-order valence-electron chi connectivity index (χ1n) is 13.1. The minimum Gasteiger partial charge on any atom is -0.481 e. The normalized spacial score (nSPS) is 14.0.